The number of carbonyl (C=O) groups excluding carboxylic acids is 2. The van der Waals surface area contributed by atoms with E-state index in [1.165, 1.54) is 186 Å². The normalized spacial score (nSPS) is 13.0. The molecule has 0 aliphatic carbocycles. The van der Waals surface area contributed by atoms with E-state index >= 15 is 0 Å². The molecule has 0 amide bonds. The van der Waals surface area contributed by atoms with Crippen molar-refractivity contribution in [3.8, 4) is 0 Å². The largest absolute Gasteiger partial charge is 0.477 e. The number of carbonyl (C=O) groups is 3. The number of likely N-dealkylation sites (N-methyl/N-ethyl adjacent to an activating group) is 1. The topological polar surface area (TPSA) is 108 Å². The molecule has 0 aromatic heterocycles. The lowest BCUT2D eigenvalue weighted by Gasteiger charge is -2.25. The van der Waals surface area contributed by atoms with Gasteiger partial charge in [-0.3, -0.25) is 9.59 Å². The third-order valence-corrected chi connectivity index (χ3v) is 13.8. The second-order valence-corrected chi connectivity index (χ2v) is 22.3. The molecule has 0 radical (unpaired) electrons. The Kier molecular flexibility index (Phi) is 54.4. The van der Waals surface area contributed by atoms with E-state index in [2.05, 4.69) is 62.5 Å². The lowest BCUT2D eigenvalue weighted by molar-refractivity contribution is -0.870. The number of esters is 2. The molecule has 9 heteroatoms. The lowest BCUT2D eigenvalue weighted by Crippen LogP contribution is -2.40. The minimum absolute atomic E-state index is 0.182. The van der Waals surface area contributed by atoms with Gasteiger partial charge in [0.1, 0.15) is 13.2 Å². The standard InChI is InChI=1S/C65H119NO8/c1-6-8-10-12-14-16-18-20-22-24-25-26-27-28-29-30-31-32-33-34-35-36-37-38-40-41-43-45-47-49-51-53-55-62(67)72-59-61(60-73-65(64(69)70)71-58-57-66(3,4)5)74-63(68)56-54-52-50-48-46-44-42-39-23-21-19-17-15-13-11-9-7-2/h9,11,15,17,21,23,42,44,61,65H,6-8,10,12-14,16,18-20,22,24-41,43,45-60H2,1-5H3/p+1/b11-9-,17-15-,23-21-,44-42-. The SMILES string of the molecule is CC/C=C\C/C=C\C/C=C\C/C=C\CCCCCCC(=O)OC(COC(=O)CCCCCCCCCCCCCCCCCCCCCCCCCCCCCCCCCC)COC(OCC[N+](C)(C)C)C(=O)O. The molecule has 0 heterocycles. The van der Waals surface area contributed by atoms with Crippen molar-refractivity contribution in [3.05, 3.63) is 48.6 Å². The summed E-state index contributed by atoms with van der Waals surface area (Å²) in [6, 6.07) is 0. The number of unbranched alkanes of at least 4 members (excludes halogenated alkanes) is 35. The fraction of sp³-hybridized carbons (Fsp3) is 0.831. The van der Waals surface area contributed by atoms with E-state index in [1.807, 2.05) is 21.1 Å². The Morgan fingerprint density at radius 1 is 0.419 bits per heavy atom. The number of hydrogen-bond acceptors (Lipinski definition) is 7. The molecule has 2 unspecified atom stereocenters. The molecule has 432 valence electrons. The molecule has 0 bridgehead atoms. The van der Waals surface area contributed by atoms with Crippen LogP contribution in [0.2, 0.25) is 0 Å². The zero-order chi connectivity index (χ0) is 54.1. The van der Waals surface area contributed by atoms with Crippen molar-refractivity contribution >= 4 is 17.9 Å². The third-order valence-electron chi connectivity index (χ3n) is 13.8. The van der Waals surface area contributed by atoms with E-state index in [1.54, 1.807) is 0 Å². The molecule has 2 atom stereocenters. The molecule has 1 N–H and O–H groups in total. The van der Waals surface area contributed by atoms with Crippen LogP contribution >= 0.6 is 0 Å². The van der Waals surface area contributed by atoms with Gasteiger partial charge in [0.05, 0.1) is 34.4 Å². The number of hydrogen-bond donors (Lipinski definition) is 1. The van der Waals surface area contributed by atoms with Gasteiger partial charge in [0.25, 0.3) is 6.29 Å². The maximum atomic E-state index is 12.8. The fourth-order valence-corrected chi connectivity index (χ4v) is 9.07. The highest BCUT2D eigenvalue weighted by Crippen LogP contribution is 2.18. The molecule has 74 heavy (non-hydrogen) atoms. The smallest absolute Gasteiger partial charge is 0.361 e. The minimum Gasteiger partial charge on any atom is -0.477 e. The predicted molar refractivity (Wildman–Crippen MR) is 314 cm³/mol. The molecule has 0 rings (SSSR count). The van der Waals surface area contributed by atoms with E-state index in [-0.39, 0.29) is 32.2 Å². The van der Waals surface area contributed by atoms with Crippen LogP contribution in [0.25, 0.3) is 0 Å². The first-order valence-corrected chi connectivity index (χ1v) is 31.3. The lowest BCUT2D eigenvalue weighted by atomic mass is 10.0. The average molecular weight is 1040 g/mol. The van der Waals surface area contributed by atoms with Crippen molar-refractivity contribution in [2.45, 2.75) is 302 Å². The molecule has 0 fully saturated rings. The molecular formula is C65H120NO8+. The molecule has 9 nitrogen and oxygen atoms in total. The summed E-state index contributed by atoms with van der Waals surface area (Å²) in [5.74, 6) is -2.03. The first-order valence-electron chi connectivity index (χ1n) is 31.3. The second kappa shape index (κ2) is 56.5. The van der Waals surface area contributed by atoms with E-state index in [4.69, 9.17) is 18.9 Å². The monoisotopic (exact) mass is 1040 g/mol. The van der Waals surface area contributed by atoms with Crippen molar-refractivity contribution in [2.24, 2.45) is 0 Å². The van der Waals surface area contributed by atoms with Gasteiger partial charge in [-0.2, -0.15) is 0 Å². The van der Waals surface area contributed by atoms with Gasteiger partial charge in [0.2, 0.25) is 0 Å². The highest BCUT2D eigenvalue weighted by molar-refractivity contribution is 5.71. The Bertz CT molecular complexity index is 1350. The molecule has 0 aromatic rings. The highest BCUT2D eigenvalue weighted by Gasteiger charge is 2.25. The number of allylic oxidation sites excluding steroid dienone is 8. The number of nitrogens with zero attached hydrogens (tertiary/aromatic N) is 1. The van der Waals surface area contributed by atoms with Crippen LogP contribution in [-0.4, -0.2) is 87.4 Å². The van der Waals surface area contributed by atoms with Crippen LogP contribution in [0.3, 0.4) is 0 Å². The number of carboxylic acids is 1. The Labute approximate surface area is 457 Å². The Morgan fingerprint density at radius 3 is 1.15 bits per heavy atom. The Hall–Kier alpha value is -2.75. The van der Waals surface area contributed by atoms with Crippen molar-refractivity contribution in [1.29, 1.82) is 0 Å². The molecule has 0 saturated heterocycles. The molecule has 0 aliphatic rings. The van der Waals surface area contributed by atoms with Crippen molar-refractivity contribution in [1.82, 2.24) is 0 Å². The van der Waals surface area contributed by atoms with Gasteiger partial charge < -0.3 is 28.5 Å². The van der Waals surface area contributed by atoms with Crippen LogP contribution in [0.5, 0.6) is 0 Å². The number of aliphatic carboxylic acids is 1. The number of ether oxygens (including phenoxy) is 4. The maximum Gasteiger partial charge on any atom is 0.361 e. The summed E-state index contributed by atoms with van der Waals surface area (Å²) in [5.41, 5.74) is 0. The van der Waals surface area contributed by atoms with E-state index in [0.29, 0.717) is 23.9 Å². The first kappa shape index (κ1) is 71.2. The van der Waals surface area contributed by atoms with Gasteiger partial charge in [0.15, 0.2) is 6.10 Å². The maximum absolute atomic E-state index is 12.8. The quantitative estimate of drug-likeness (QED) is 0.0211. The minimum atomic E-state index is -1.52. The van der Waals surface area contributed by atoms with E-state index in [9.17, 15) is 19.5 Å². The van der Waals surface area contributed by atoms with Crippen LogP contribution in [0, 0.1) is 0 Å². The van der Waals surface area contributed by atoms with Crippen LogP contribution in [0.1, 0.15) is 290 Å². The van der Waals surface area contributed by atoms with Crippen LogP contribution in [0.4, 0.5) is 0 Å². The molecule has 0 saturated carbocycles. The van der Waals surface area contributed by atoms with E-state index < -0.39 is 24.3 Å². The zero-order valence-corrected chi connectivity index (χ0v) is 49.3. The summed E-state index contributed by atoms with van der Waals surface area (Å²) in [6.07, 6.45) is 68.0. The van der Waals surface area contributed by atoms with Gasteiger partial charge in [-0.25, -0.2) is 4.79 Å². The summed E-state index contributed by atoms with van der Waals surface area (Å²) in [7, 11) is 5.96. The highest BCUT2D eigenvalue weighted by atomic mass is 16.7. The molecule has 0 spiro atoms. The number of rotatable bonds is 58. The van der Waals surface area contributed by atoms with Crippen molar-refractivity contribution in [2.75, 3.05) is 47.5 Å². The third kappa shape index (κ3) is 57.0. The van der Waals surface area contributed by atoms with Gasteiger partial charge in [-0.05, 0) is 51.4 Å². The summed E-state index contributed by atoms with van der Waals surface area (Å²) < 4.78 is 22.9. The van der Waals surface area contributed by atoms with Gasteiger partial charge in [-0.15, -0.1) is 0 Å². The summed E-state index contributed by atoms with van der Waals surface area (Å²) in [6.45, 7) is 4.77. The van der Waals surface area contributed by atoms with Gasteiger partial charge >= 0.3 is 17.9 Å². The second-order valence-electron chi connectivity index (χ2n) is 22.3. The van der Waals surface area contributed by atoms with Gasteiger partial charge in [0, 0.05) is 12.8 Å². The number of carboxylic acid groups (broad SMARTS) is 1. The summed E-state index contributed by atoms with van der Waals surface area (Å²) in [4.78, 5) is 37.4. The predicted octanol–water partition coefficient (Wildman–Crippen LogP) is 18.6. The van der Waals surface area contributed by atoms with Crippen LogP contribution in [-0.2, 0) is 33.3 Å². The zero-order valence-electron chi connectivity index (χ0n) is 49.3. The van der Waals surface area contributed by atoms with Crippen LogP contribution in [0.15, 0.2) is 48.6 Å². The Balaban J connectivity index is 4.07. The van der Waals surface area contributed by atoms with Crippen molar-refractivity contribution in [3.63, 3.8) is 0 Å². The van der Waals surface area contributed by atoms with E-state index in [0.717, 1.165) is 70.6 Å². The Morgan fingerprint density at radius 2 is 0.770 bits per heavy atom. The number of quaternary nitrogens is 1. The van der Waals surface area contributed by atoms with Crippen molar-refractivity contribution < 1.29 is 42.9 Å². The van der Waals surface area contributed by atoms with Crippen LogP contribution < -0.4 is 0 Å². The average Bonchev–Trinajstić information content (AvgIpc) is 3.37. The molecular weight excluding hydrogens is 923 g/mol. The summed E-state index contributed by atoms with van der Waals surface area (Å²) >= 11 is 0. The first-order chi connectivity index (χ1) is 36.1. The van der Waals surface area contributed by atoms with Gasteiger partial charge in [-0.1, -0.05) is 274 Å². The molecule has 0 aromatic carbocycles. The molecule has 0 aliphatic heterocycles. The fourth-order valence-electron chi connectivity index (χ4n) is 9.07. The summed E-state index contributed by atoms with van der Waals surface area (Å²) in [5, 5.41) is 9.70.